The number of nitrogens with zero attached hydrogens (tertiary/aromatic N) is 4. The van der Waals surface area contributed by atoms with Gasteiger partial charge < -0.3 is 5.11 Å². The zero-order chi connectivity index (χ0) is 18.6. The van der Waals surface area contributed by atoms with Gasteiger partial charge in [0.2, 0.25) is 0 Å². The van der Waals surface area contributed by atoms with Crippen molar-refractivity contribution in [2.75, 3.05) is 19.7 Å². The zero-order valence-corrected chi connectivity index (χ0v) is 15.8. The highest BCUT2D eigenvalue weighted by Gasteiger charge is 2.25. The van der Waals surface area contributed by atoms with Gasteiger partial charge in [-0.1, -0.05) is 30.3 Å². The molecule has 2 N–H and O–H groups in total. The number of piperidine rings is 1. The van der Waals surface area contributed by atoms with Crippen LogP contribution in [0.2, 0.25) is 0 Å². The minimum absolute atomic E-state index is 0.125. The van der Waals surface area contributed by atoms with Gasteiger partial charge in [0, 0.05) is 35.5 Å². The van der Waals surface area contributed by atoms with Crippen LogP contribution in [0.3, 0.4) is 0 Å². The van der Waals surface area contributed by atoms with Crippen LogP contribution < -0.4 is 0 Å². The monoisotopic (exact) mass is 365 g/mol. The summed E-state index contributed by atoms with van der Waals surface area (Å²) in [4.78, 5) is 2.50. The van der Waals surface area contributed by atoms with Crippen molar-refractivity contribution in [3.05, 3.63) is 59.7 Å². The third kappa shape index (κ3) is 3.96. The van der Waals surface area contributed by atoms with Crippen LogP contribution >= 0.6 is 0 Å². The SMILES string of the molecule is Cc1nn(CCO)cc1CN1CCC(c2[nH]ncc2-c2ccccc2)CC1. The fourth-order valence-corrected chi connectivity index (χ4v) is 4.01. The summed E-state index contributed by atoms with van der Waals surface area (Å²) in [6.45, 7) is 5.81. The third-order valence-corrected chi connectivity index (χ3v) is 5.52. The summed E-state index contributed by atoms with van der Waals surface area (Å²) in [7, 11) is 0. The van der Waals surface area contributed by atoms with Crippen molar-refractivity contribution < 1.29 is 5.11 Å². The number of aromatic amines is 1. The van der Waals surface area contributed by atoms with E-state index < -0.39 is 0 Å². The second-order valence-corrected chi connectivity index (χ2v) is 7.34. The molecule has 6 heteroatoms. The summed E-state index contributed by atoms with van der Waals surface area (Å²) in [5.41, 5.74) is 6.05. The first kappa shape index (κ1) is 17.9. The highest BCUT2D eigenvalue weighted by Crippen LogP contribution is 2.34. The first-order chi connectivity index (χ1) is 13.2. The van der Waals surface area contributed by atoms with E-state index in [2.05, 4.69) is 50.7 Å². The van der Waals surface area contributed by atoms with Crippen molar-refractivity contribution >= 4 is 0 Å². The van der Waals surface area contributed by atoms with Crippen LogP contribution in [0.25, 0.3) is 11.1 Å². The number of benzene rings is 1. The predicted octanol–water partition coefficient (Wildman–Crippen LogP) is 2.95. The molecule has 142 valence electrons. The summed E-state index contributed by atoms with van der Waals surface area (Å²) in [5.74, 6) is 0.525. The fourth-order valence-electron chi connectivity index (χ4n) is 4.01. The van der Waals surface area contributed by atoms with Crippen LogP contribution in [0, 0.1) is 6.92 Å². The Morgan fingerprint density at radius 2 is 1.96 bits per heavy atom. The molecule has 0 bridgehead atoms. The smallest absolute Gasteiger partial charge is 0.0641 e. The highest BCUT2D eigenvalue weighted by atomic mass is 16.3. The lowest BCUT2D eigenvalue weighted by Crippen LogP contribution is -2.32. The Kier molecular flexibility index (Phi) is 5.36. The molecule has 1 aliphatic rings. The van der Waals surface area contributed by atoms with Gasteiger partial charge in [-0.25, -0.2) is 0 Å². The minimum Gasteiger partial charge on any atom is -0.394 e. The molecule has 1 saturated heterocycles. The average Bonchev–Trinajstić information content (AvgIpc) is 3.31. The van der Waals surface area contributed by atoms with Crippen molar-refractivity contribution in [3.63, 3.8) is 0 Å². The largest absolute Gasteiger partial charge is 0.394 e. The Labute approximate surface area is 159 Å². The summed E-state index contributed by atoms with van der Waals surface area (Å²) in [6, 6.07) is 10.5. The van der Waals surface area contributed by atoms with Gasteiger partial charge in [0.15, 0.2) is 0 Å². The number of aliphatic hydroxyl groups is 1. The van der Waals surface area contributed by atoms with Gasteiger partial charge in [-0.05, 0) is 38.4 Å². The molecule has 3 heterocycles. The molecular weight excluding hydrogens is 338 g/mol. The number of hydrogen-bond donors (Lipinski definition) is 2. The lowest BCUT2D eigenvalue weighted by molar-refractivity contribution is 0.203. The Morgan fingerprint density at radius 1 is 1.19 bits per heavy atom. The van der Waals surface area contributed by atoms with Gasteiger partial charge in [0.05, 0.1) is 25.0 Å². The number of likely N-dealkylation sites (tertiary alicyclic amines) is 1. The summed E-state index contributed by atoms with van der Waals surface area (Å²) in [6.07, 6.45) is 6.29. The van der Waals surface area contributed by atoms with E-state index in [1.54, 1.807) is 0 Å². The number of nitrogens with one attached hydrogen (secondary N) is 1. The Morgan fingerprint density at radius 3 is 2.70 bits per heavy atom. The summed E-state index contributed by atoms with van der Waals surface area (Å²) < 4.78 is 1.84. The van der Waals surface area contributed by atoms with Crippen molar-refractivity contribution in [2.45, 2.75) is 38.8 Å². The van der Waals surface area contributed by atoms with E-state index >= 15 is 0 Å². The topological polar surface area (TPSA) is 70.0 Å². The lowest BCUT2D eigenvalue weighted by atomic mass is 9.89. The summed E-state index contributed by atoms with van der Waals surface area (Å²) >= 11 is 0. The molecule has 0 radical (unpaired) electrons. The van der Waals surface area contributed by atoms with Gasteiger partial charge in [-0.2, -0.15) is 10.2 Å². The molecule has 3 aromatic rings. The molecule has 2 aromatic heterocycles. The predicted molar refractivity (Wildman–Crippen MR) is 105 cm³/mol. The Bertz CT molecular complexity index is 862. The van der Waals surface area contributed by atoms with Crippen LogP contribution in [0.5, 0.6) is 0 Å². The van der Waals surface area contributed by atoms with E-state index in [1.807, 2.05) is 23.9 Å². The number of rotatable bonds is 6. The normalized spacial score (nSPS) is 16.1. The molecule has 1 fully saturated rings. The van der Waals surface area contributed by atoms with Crippen LogP contribution in [0.1, 0.15) is 35.7 Å². The van der Waals surface area contributed by atoms with E-state index in [9.17, 15) is 0 Å². The van der Waals surface area contributed by atoms with Crippen molar-refractivity contribution in [3.8, 4) is 11.1 Å². The molecule has 1 aliphatic heterocycles. The fraction of sp³-hybridized carbons (Fsp3) is 0.429. The molecule has 0 spiro atoms. The molecule has 4 rings (SSSR count). The number of aromatic nitrogens is 4. The molecule has 6 nitrogen and oxygen atoms in total. The second kappa shape index (κ2) is 8.06. The van der Waals surface area contributed by atoms with E-state index in [1.165, 1.54) is 22.4 Å². The van der Waals surface area contributed by atoms with Crippen molar-refractivity contribution in [2.24, 2.45) is 0 Å². The number of aliphatic hydroxyl groups excluding tert-OH is 1. The lowest BCUT2D eigenvalue weighted by Gasteiger charge is -2.31. The number of aryl methyl sites for hydroxylation is 1. The maximum Gasteiger partial charge on any atom is 0.0641 e. The van der Waals surface area contributed by atoms with Crippen LogP contribution in [-0.4, -0.2) is 49.7 Å². The van der Waals surface area contributed by atoms with Gasteiger partial charge in [0.25, 0.3) is 0 Å². The standard InChI is InChI=1S/C21H27N5O/c1-16-19(15-26(24-16)11-12-27)14-25-9-7-18(8-10-25)21-20(13-22-23-21)17-5-3-2-4-6-17/h2-6,13,15,18,27H,7-12,14H2,1H3,(H,22,23). The number of hydrogen-bond acceptors (Lipinski definition) is 4. The molecule has 0 amide bonds. The quantitative estimate of drug-likeness (QED) is 0.705. The molecule has 27 heavy (non-hydrogen) atoms. The first-order valence-corrected chi connectivity index (χ1v) is 9.69. The molecule has 0 aliphatic carbocycles. The van der Waals surface area contributed by atoms with E-state index in [0.717, 1.165) is 38.2 Å². The summed E-state index contributed by atoms with van der Waals surface area (Å²) in [5, 5.41) is 21.2. The highest BCUT2D eigenvalue weighted by molar-refractivity contribution is 5.65. The molecule has 0 saturated carbocycles. The molecule has 0 unspecified atom stereocenters. The van der Waals surface area contributed by atoms with Crippen LogP contribution in [0.15, 0.2) is 42.7 Å². The zero-order valence-electron chi connectivity index (χ0n) is 15.8. The third-order valence-electron chi connectivity index (χ3n) is 5.52. The first-order valence-electron chi connectivity index (χ1n) is 9.69. The maximum atomic E-state index is 9.09. The van der Waals surface area contributed by atoms with Crippen molar-refractivity contribution in [1.29, 1.82) is 0 Å². The van der Waals surface area contributed by atoms with Crippen LogP contribution in [-0.2, 0) is 13.1 Å². The molecule has 1 aromatic carbocycles. The van der Waals surface area contributed by atoms with Gasteiger partial charge in [-0.3, -0.25) is 14.7 Å². The van der Waals surface area contributed by atoms with Gasteiger partial charge in [0.1, 0.15) is 0 Å². The van der Waals surface area contributed by atoms with Crippen LogP contribution in [0.4, 0.5) is 0 Å². The maximum absolute atomic E-state index is 9.09. The average molecular weight is 365 g/mol. The minimum atomic E-state index is 0.125. The second-order valence-electron chi connectivity index (χ2n) is 7.34. The van der Waals surface area contributed by atoms with Gasteiger partial charge in [-0.15, -0.1) is 0 Å². The van der Waals surface area contributed by atoms with E-state index in [-0.39, 0.29) is 6.61 Å². The molecule has 0 atom stereocenters. The Hall–Kier alpha value is -2.44. The Balaban J connectivity index is 1.39. The van der Waals surface area contributed by atoms with E-state index in [0.29, 0.717) is 12.5 Å². The van der Waals surface area contributed by atoms with Gasteiger partial charge >= 0.3 is 0 Å². The number of H-pyrrole nitrogens is 1. The van der Waals surface area contributed by atoms with Crippen molar-refractivity contribution in [1.82, 2.24) is 24.9 Å². The van der Waals surface area contributed by atoms with E-state index in [4.69, 9.17) is 5.11 Å². The molecular formula is C21H27N5O.